The number of hydrogen-bond acceptors (Lipinski definition) is 4. The number of rotatable bonds is 13. The molecule has 2 saturated carbocycles. The lowest BCUT2D eigenvalue weighted by Crippen LogP contribution is -2.25. The number of fused-ring (bicyclic) bond motifs is 1. The van der Waals surface area contributed by atoms with Crippen molar-refractivity contribution in [2.75, 3.05) is 46.2 Å². The van der Waals surface area contributed by atoms with Crippen molar-refractivity contribution in [3.63, 3.8) is 0 Å². The maximum Gasteiger partial charge on any atom is 0.0701 e. The molecule has 4 heteroatoms. The van der Waals surface area contributed by atoms with Gasteiger partial charge >= 0.3 is 0 Å². The fourth-order valence-corrected chi connectivity index (χ4v) is 3.50. The molecular weight excluding hydrogens is 268 g/mol. The van der Waals surface area contributed by atoms with E-state index in [2.05, 4.69) is 6.92 Å². The van der Waals surface area contributed by atoms with E-state index in [0.29, 0.717) is 33.0 Å². The first-order valence-electron chi connectivity index (χ1n) is 8.64. The van der Waals surface area contributed by atoms with Crippen molar-refractivity contribution in [1.82, 2.24) is 0 Å². The molecule has 0 bridgehead atoms. The van der Waals surface area contributed by atoms with Gasteiger partial charge in [-0.15, -0.1) is 0 Å². The smallest absolute Gasteiger partial charge is 0.0701 e. The van der Waals surface area contributed by atoms with Crippen LogP contribution in [0.5, 0.6) is 0 Å². The van der Waals surface area contributed by atoms with Crippen LogP contribution in [0, 0.1) is 17.3 Å². The molecule has 0 aromatic carbocycles. The first-order chi connectivity index (χ1) is 10.3. The molecule has 4 nitrogen and oxygen atoms in total. The highest BCUT2D eigenvalue weighted by molar-refractivity contribution is 5.02. The molecule has 0 saturated heterocycles. The predicted molar refractivity (Wildman–Crippen MR) is 82.3 cm³/mol. The Morgan fingerprint density at radius 2 is 1.48 bits per heavy atom. The van der Waals surface area contributed by atoms with Crippen LogP contribution in [0.25, 0.3) is 0 Å². The summed E-state index contributed by atoms with van der Waals surface area (Å²) in [6, 6.07) is 0. The van der Waals surface area contributed by atoms with E-state index in [0.717, 1.165) is 37.9 Å². The topological polar surface area (TPSA) is 47.9 Å². The van der Waals surface area contributed by atoms with Crippen LogP contribution in [0.1, 0.15) is 45.4 Å². The minimum atomic E-state index is 0.168. The van der Waals surface area contributed by atoms with E-state index in [1.807, 2.05) is 0 Å². The van der Waals surface area contributed by atoms with Gasteiger partial charge in [-0.25, -0.2) is 0 Å². The second kappa shape index (κ2) is 9.09. The Labute approximate surface area is 129 Å². The average molecular weight is 300 g/mol. The van der Waals surface area contributed by atoms with Gasteiger partial charge in [-0.2, -0.15) is 0 Å². The van der Waals surface area contributed by atoms with E-state index in [4.69, 9.17) is 14.2 Å². The summed E-state index contributed by atoms with van der Waals surface area (Å²) in [7, 11) is 0. The van der Waals surface area contributed by atoms with E-state index < -0.39 is 0 Å². The van der Waals surface area contributed by atoms with Crippen molar-refractivity contribution < 1.29 is 19.3 Å². The normalized spacial score (nSPS) is 30.6. The van der Waals surface area contributed by atoms with Crippen molar-refractivity contribution in [2.45, 2.75) is 45.4 Å². The van der Waals surface area contributed by atoms with Gasteiger partial charge in [0.1, 0.15) is 0 Å². The van der Waals surface area contributed by atoms with E-state index in [9.17, 15) is 5.11 Å². The number of unbranched alkanes of at least 4 members (excludes halogenated alkanes) is 1. The number of ether oxygens (including phenoxy) is 3. The Kier molecular flexibility index (Phi) is 7.44. The number of aliphatic hydroxyl groups excluding tert-OH is 1. The largest absolute Gasteiger partial charge is 0.396 e. The monoisotopic (exact) mass is 300 g/mol. The van der Waals surface area contributed by atoms with Crippen molar-refractivity contribution in [2.24, 2.45) is 17.3 Å². The molecule has 0 amide bonds. The second-order valence-electron chi connectivity index (χ2n) is 6.76. The van der Waals surface area contributed by atoms with Crippen LogP contribution in [0.3, 0.4) is 0 Å². The van der Waals surface area contributed by atoms with Crippen LogP contribution >= 0.6 is 0 Å². The zero-order valence-corrected chi connectivity index (χ0v) is 13.5. The summed E-state index contributed by atoms with van der Waals surface area (Å²) in [4.78, 5) is 0. The van der Waals surface area contributed by atoms with E-state index in [1.165, 1.54) is 25.7 Å². The molecule has 1 N–H and O–H groups in total. The summed E-state index contributed by atoms with van der Waals surface area (Å²) < 4.78 is 16.5. The summed E-state index contributed by atoms with van der Waals surface area (Å²) in [5.74, 6) is 1.82. The summed E-state index contributed by atoms with van der Waals surface area (Å²) in [6.45, 7) is 6.67. The van der Waals surface area contributed by atoms with Crippen molar-refractivity contribution in [3.05, 3.63) is 0 Å². The predicted octanol–water partition coefficient (Wildman–Crippen LogP) is 2.64. The van der Waals surface area contributed by atoms with Crippen LogP contribution in [0.4, 0.5) is 0 Å². The molecule has 2 aliphatic carbocycles. The van der Waals surface area contributed by atoms with Gasteiger partial charge in [-0.05, 0) is 49.4 Å². The zero-order valence-electron chi connectivity index (χ0n) is 13.5. The molecule has 2 rings (SSSR count). The van der Waals surface area contributed by atoms with Crippen molar-refractivity contribution in [1.29, 1.82) is 0 Å². The summed E-state index contributed by atoms with van der Waals surface area (Å²) in [5.41, 5.74) is 0.168. The molecule has 0 heterocycles. The molecule has 2 fully saturated rings. The maximum absolute atomic E-state index is 9.62. The lowest BCUT2D eigenvalue weighted by molar-refractivity contribution is 0.00185. The lowest BCUT2D eigenvalue weighted by Gasteiger charge is -2.28. The Balaban J connectivity index is 1.37. The van der Waals surface area contributed by atoms with Crippen LogP contribution in [-0.2, 0) is 14.2 Å². The molecule has 0 spiro atoms. The van der Waals surface area contributed by atoms with Gasteiger partial charge in [-0.3, -0.25) is 0 Å². The highest BCUT2D eigenvalue weighted by atomic mass is 16.5. The fourth-order valence-electron chi connectivity index (χ4n) is 3.50. The highest BCUT2D eigenvalue weighted by Crippen LogP contribution is 2.60. The summed E-state index contributed by atoms with van der Waals surface area (Å²) >= 11 is 0. The maximum atomic E-state index is 9.62. The Hall–Kier alpha value is -0.160. The van der Waals surface area contributed by atoms with Gasteiger partial charge in [-0.1, -0.05) is 13.3 Å². The molecule has 0 aromatic rings. The third-order valence-corrected chi connectivity index (χ3v) is 4.96. The number of hydrogen-bond donors (Lipinski definition) is 1. The van der Waals surface area contributed by atoms with Gasteiger partial charge in [0.2, 0.25) is 0 Å². The first-order valence-corrected chi connectivity index (χ1v) is 8.64. The molecule has 2 aliphatic rings. The minimum Gasteiger partial charge on any atom is -0.396 e. The summed E-state index contributed by atoms with van der Waals surface area (Å²) in [6.07, 6.45) is 7.11. The average Bonchev–Trinajstić information content (AvgIpc) is 3.12. The Morgan fingerprint density at radius 1 is 0.905 bits per heavy atom. The fraction of sp³-hybridized carbons (Fsp3) is 1.00. The molecule has 2 atom stereocenters. The van der Waals surface area contributed by atoms with Crippen LogP contribution in [0.2, 0.25) is 0 Å². The van der Waals surface area contributed by atoms with E-state index in [-0.39, 0.29) is 5.41 Å². The van der Waals surface area contributed by atoms with E-state index >= 15 is 0 Å². The third kappa shape index (κ3) is 5.85. The zero-order chi connectivity index (χ0) is 15.0. The SMILES string of the molecule is CCCCOCCOCCOCCC1(CO)CC2CC2C1. The van der Waals surface area contributed by atoms with Crippen LogP contribution in [-0.4, -0.2) is 51.4 Å². The molecule has 2 unspecified atom stereocenters. The number of aliphatic hydroxyl groups is 1. The molecular formula is C17H32O4. The summed E-state index contributed by atoms with van der Waals surface area (Å²) in [5, 5.41) is 9.62. The third-order valence-electron chi connectivity index (χ3n) is 4.96. The molecule has 0 aromatic heterocycles. The van der Waals surface area contributed by atoms with Gasteiger partial charge in [0.25, 0.3) is 0 Å². The molecule has 0 aliphatic heterocycles. The first kappa shape index (κ1) is 17.2. The lowest BCUT2D eigenvalue weighted by atomic mass is 9.81. The van der Waals surface area contributed by atoms with Gasteiger partial charge in [0.15, 0.2) is 0 Å². The van der Waals surface area contributed by atoms with Crippen LogP contribution < -0.4 is 0 Å². The molecule has 0 radical (unpaired) electrons. The Morgan fingerprint density at radius 3 is 2.05 bits per heavy atom. The quantitative estimate of drug-likeness (QED) is 0.531. The second-order valence-corrected chi connectivity index (χ2v) is 6.76. The van der Waals surface area contributed by atoms with Crippen LogP contribution in [0.15, 0.2) is 0 Å². The molecule has 124 valence electrons. The minimum absolute atomic E-state index is 0.168. The van der Waals surface area contributed by atoms with Crippen molar-refractivity contribution in [3.8, 4) is 0 Å². The van der Waals surface area contributed by atoms with E-state index in [1.54, 1.807) is 0 Å². The van der Waals surface area contributed by atoms with Crippen molar-refractivity contribution >= 4 is 0 Å². The van der Waals surface area contributed by atoms with Gasteiger partial charge < -0.3 is 19.3 Å². The Bertz CT molecular complexity index is 272. The van der Waals surface area contributed by atoms with Gasteiger partial charge in [0.05, 0.1) is 26.4 Å². The molecule has 21 heavy (non-hydrogen) atoms. The standard InChI is InChI=1S/C17H32O4/c1-2-3-5-19-7-9-21-10-8-20-6-4-17(14-18)12-15-11-16(15)13-17/h15-16,18H,2-14H2,1H3. The van der Waals surface area contributed by atoms with Gasteiger partial charge in [0, 0.05) is 19.8 Å². The highest BCUT2D eigenvalue weighted by Gasteiger charge is 2.53.